The van der Waals surface area contributed by atoms with Gasteiger partial charge in [-0.3, -0.25) is 0 Å². The molecular weight excluding hydrogens is 707 g/mol. The summed E-state index contributed by atoms with van der Waals surface area (Å²) in [5, 5.41) is 6.27. The molecule has 272 valence electrons. The van der Waals surface area contributed by atoms with Crippen molar-refractivity contribution >= 4 is 43.5 Å². The monoisotopic (exact) mass is 741 g/mol. The topological polar surface area (TPSA) is 48.5 Å². The van der Waals surface area contributed by atoms with Gasteiger partial charge in [0.1, 0.15) is 0 Å². The second-order valence-electron chi connectivity index (χ2n) is 15.1. The fourth-order valence-corrected chi connectivity index (χ4v) is 9.24. The van der Waals surface area contributed by atoms with Crippen LogP contribution < -0.4 is 0 Å². The molecule has 0 spiro atoms. The minimum absolute atomic E-state index is 0.635. The quantitative estimate of drug-likeness (QED) is 0.176. The predicted octanol–water partition coefficient (Wildman–Crippen LogP) is 12.8. The van der Waals surface area contributed by atoms with E-state index in [1.165, 1.54) is 54.8 Å². The van der Waals surface area contributed by atoms with Gasteiger partial charge in [-0.25, -0.2) is 15.0 Å². The Kier molecular flexibility index (Phi) is 7.29. The van der Waals surface area contributed by atoms with Gasteiger partial charge in [-0.1, -0.05) is 133 Å². The van der Waals surface area contributed by atoms with Crippen LogP contribution in [0, 0.1) is 0 Å². The van der Waals surface area contributed by atoms with E-state index < -0.39 is 0 Å². The largest absolute Gasteiger partial charge is 0.313 e. The fraction of sp³-hybridized carbons (Fsp3) is 0.0377. The van der Waals surface area contributed by atoms with Gasteiger partial charge in [0.2, 0.25) is 0 Å². The molecule has 1 aliphatic rings. The molecule has 0 radical (unpaired) electrons. The Morgan fingerprint density at radius 3 is 1.79 bits per heavy atom. The Morgan fingerprint density at radius 2 is 0.983 bits per heavy atom. The van der Waals surface area contributed by atoms with Crippen molar-refractivity contribution < 1.29 is 0 Å². The van der Waals surface area contributed by atoms with Crippen LogP contribution >= 0.6 is 0 Å². The molecule has 1 aliphatic carbocycles. The van der Waals surface area contributed by atoms with Crippen molar-refractivity contribution in [3.8, 4) is 56.7 Å². The standard InChI is InChI=1S/C53H35N5/c1-3-15-36(16-4-1)51-54-52(56-53(55-51)38-25-30-44-43-21-11-12-22-45(43)57(48(44)33-38)39-17-5-2-6-18-39)37-23-28-40(29-24-37)58-46-31-26-34-13-7-9-19-41(34)49(46)50-42-20-10-8-14-35(42)27-32-47(50)58/h1-26,28-31,33H,27,32H2. The molecule has 58 heavy (non-hydrogen) atoms. The number of hydrogen-bond acceptors (Lipinski definition) is 3. The highest BCUT2D eigenvalue weighted by Crippen LogP contribution is 2.45. The molecule has 5 heteroatoms. The average Bonchev–Trinajstić information content (AvgIpc) is 3.83. The van der Waals surface area contributed by atoms with E-state index in [0.717, 1.165) is 51.9 Å². The number of benzene rings is 8. The number of hydrogen-bond donors (Lipinski definition) is 0. The fourth-order valence-electron chi connectivity index (χ4n) is 9.24. The highest BCUT2D eigenvalue weighted by atomic mass is 15.0. The van der Waals surface area contributed by atoms with Crippen molar-refractivity contribution in [3.63, 3.8) is 0 Å². The maximum Gasteiger partial charge on any atom is 0.164 e. The van der Waals surface area contributed by atoms with Crippen molar-refractivity contribution in [2.75, 3.05) is 0 Å². The Morgan fingerprint density at radius 1 is 0.379 bits per heavy atom. The first kappa shape index (κ1) is 32.6. The number of fused-ring (bicyclic) bond motifs is 10. The summed E-state index contributed by atoms with van der Waals surface area (Å²) in [6.45, 7) is 0. The Labute approximate surface area is 335 Å². The van der Waals surface area contributed by atoms with Crippen molar-refractivity contribution in [3.05, 3.63) is 199 Å². The van der Waals surface area contributed by atoms with E-state index in [2.05, 4.69) is 179 Å². The molecule has 12 rings (SSSR count). The van der Waals surface area contributed by atoms with Gasteiger partial charge in [0.15, 0.2) is 17.5 Å². The maximum absolute atomic E-state index is 5.20. The molecule has 3 heterocycles. The lowest BCUT2D eigenvalue weighted by Crippen LogP contribution is -2.08. The van der Waals surface area contributed by atoms with Gasteiger partial charge in [-0.15, -0.1) is 0 Å². The van der Waals surface area contributed by atoms with Crippen molar-refractivity contribution in [1.82, 2.24) is 24.1 Å². The molecular formula is C53H35N5. The Bertz CT molecular complexity index is 3380. The molecule has 0 fully saturated rings. The third-order valence-corrected chi connectivity index (χ3v) is 11.9. The first-order valence-electron chi connectivity index (χ1n) is 19.9. The number of aromatic nitrogens is 5. The van der Waals surface area contributed by atoms with Crippen LogP contribution in [0.25, 0.3) is 100 Å². The molecule has 11 aromatic rings. The zero-order valence-electron chi connectivity index (χ0n) is 31.5. The van der Waals surface area contributed by atoms with Crippen LogP contribution in [-0.4, -0.2) is 24.1 Å². The second kappa shape index (κ2) is 13.0. The molecule has 3 aromatic heterocycles. The Hall–Kier alpha value is -7.63. The smallest absolute Gasteiger partial charge is 0.164 e. The molecule has 5 nitrogen and oxygen atoms in total. The van der Waals surface area contributed by atoms with E-state index >= 15 is 0 Å². The molecule has 0 aliphatic heterocycles. The van der Waals surface area contributed by atoms with E-state index in [1.807, 2.05) is 18.2 Å². The maximum atomic E-state index is 5.20. The normalized spacial score (nSPS) is 12.3. The van der Waals surface area contributed by atoms with Crippen molar-refractivity contribution in [1.29, 1.82) is 0 Å². The molecule has 0 saturated heterocycles. The summed E-state index contributed by atoms with van der Waals surface area (Å²) >= 11 is 0. The lowest BCUT2D eigenvalue weighted by molar-refractivity contribution is 0.865. The molecule has 0 N–H and O–H groups in total. The van der Waals surface area contributed by atoms with Crippen LogP contribution in [0.5, 0.6) is 0 Å². The van der Waals surface area contributed by atoms with E-state index in [4.69, 9.17) is 15.0 Å². The van der Waals surface area contributed by atoms with Gasteiger partial charge in [0.05, 0.1) is 16.6 Å². The molecule has 0 unspecified atom stereocenters. The van der Waals surface area contributed by atoms with Crippen LogP contribution in [0.3, 0.4) is 0 Å². The number of nitrogens with zero attached hydrogens (tertiary/aromatic N) is 5. The number of rotatable bonds is 5. The van der Waals surface area contributed by atoms with E-state index in [0.29, 0.717) is 17.5 Å². The minimum Gasteiger partial charge on any atom is -0.313 e. The van der Waals surface area contributed by atoms with Crippen molar-refractivity contribution in [2.45, 2.75) is 12.8 Å². The Balaban J connectivity index is 1.02. The highest BCUT2D eigenvalue weighted by molar-refractivity contribution is 6.16. The molecule has 8 aromatic carbocycles. The van der Waals surface area contributed by atoms with Gasteiger partial charge in [0.25, 0.3) is 0 Å². The molecule has 0 saturated carbocycles. The summed E-state index contributed by atoms with van der Waals surface area (Å²) in [4.78, 5) is 15.4. The molecule has 0 amide bonds. The minimum atomic E-state index is 0.635. The summed E-state index contributed by atoms with van der Waals surface area (Å²) in [6, 6.07) is 66.9. The molecule has 0 atom stereocenters. The van der Waals surface area contributed by atoms with Crippen LogP contribution in [-0.2, 0) is 12.8 Å². The van der Waals surface area contributed by atoms with E-state index in [9.17, 15) is 0 Å². The van der Waals surface area contributed by atoms with Gasteiger partial charge in [-0.05, 0) is 89.3 Å². The van der Waals surface area contributed by atoms with Crippen LogP contribution in [0.4, 0.5) is 0 Å². The summed E-state index contributed by atoms with van der Waals surface area (Å²) < 4.78 is 4.81. The first-order valence-corrected chi connectivity index (χ1v) is 19.9. The van der Waals surface area contributed by atoms with Crippen LogP contribution in [0.15, 0.2) is 188 Å². The van der Waals surface area contributed by atoms with Crippen LogP contribution in [0.2, 0.25) is 0 Å². The van der Waals surface area contributed by atoms with Gasteiger partial charge < -0.3 is 9.13 Å². The first-order chi connectivity index (χ1) is 28.8. The van der Waals surface area contributed by atoms with E-state index in [-0.39, 0.29) is 0 Å². The summed E-state index contributed by atoms with van der Waals surface area (Å²) in [5.74, 6) is 1.92. The lowest BCUT2D eigenvalue weighted by atomic mass is 9.87. The van der Waals surface area contributed by atoms with Gasteiger partial charge in [0, 0.05) is 55.5 Å². The molecule has 0 bridgehead atoms. The second-order valence-corrected chi connectivity index (χ2v) is 15.1. The van der Waals surface area contributed by atoms with Gasteiger partial charge in [-0.2, -0.15) is 0 Å². The third kappa shape index (κ3) is 5.07. The zero-order chi connectivity index (χ0) is 38.2. The van der Waals surface area contributed by atoms with E-state index in [1.54, 1.807) is 0 Å². The number of para-hydroxylation sites is 2. The lowest BCUT2D eigenvalue weighted by Gasteiger charge is -2.19. The van der Waals surface area contributed by atoms with Crippen LogP contribution in [0.1, 0.15) is 11.3 Å². The third-order valence-electron chi connectivity index (χ3n) is 11.9. The number of aryl methyl sites for hydroxylation is 1. The summed E-state index contributed by atoms with van der Waals surface area (Å²) in [5.41, 5.74) is 14.0. The average molecular weight is 742 g/mol. The summed E-state index contributed by atoms with van der Waals surface area (Å²) in [7, 11) is 0. The van der Waals surface area contributed by atoms with Crippen molar-refractivity contribution in [2.24, 2.45) is 0 Å². The predicted molar refractivity (Wildman–Crippen MR) is 238 cm³/mol. The van der Waals surface area contributed by atoms with Gasteiger partial charge >= 0.3 is 0 Å². The summed E-state index contributed by atoms with van der Waals surface area (Å²) in [6.07, 6.45) is 1.99. The zero-order valence-corrected chi connectivity index (χ0v) is 31.5. The highest BCUT2D eigenvalue weighted by Gasteiger charge is 2.26. The SMILES string of the molecule is c1ccc(-c2nc(-c3ccc(-n4c5c(c6c7ccccc7ccc64)-c4ccccc4CC5)cc3)nc(-c3ccc4c5ccccc5n(-c5ccccc5)c4c3)n2)cc1.